The summed E-state index contributed by atoms with van der Waals surface area (Å²) in [5.41, 5.74) is 1.10. The van der Waals surface area contributed by atoms with Crippen molar-refractivity contribution in [2.24, 2.45) is 11.1 Å². The lowest BCUT2D eigenvalue weighted by atomic mass is 9.94. The van der Waals surface area contributed by atoms with Gasteiger partial charge in [0.15, 0.2) is 0 Å². The molecule has 8 heteroatoms. The fraction of sp³-hybridized carbons (Fsp3) is 0.118. The first-order chi connectivity index (χ1) is 12.0. The van der Waals surface area contributed by atoms with Crippen molar-refractivity contribution >= 4 is 58.0 Å². The second-order valence-corrected chi connectivity index (χ2v) is 6.82. The number of benzene rings is 2. The van der Waals surface area contributed by atoms with Crippen LogP contribution in [0, 0.1) is 5.92 Å². The van der Waals surface area contributed by atoms with Gasteiger partial charge in [0.05, 0.1) is 10.7 Å². The van der Waals surface area contributed by atoms with Crippen molar-refractivity contribution in [3.05, 3.63) is 63.1 Å². The van der Waals surface area contributed by atoms with E-state index in [4.69, 9.17) is 39.6 Å². The van der Waals surface area contributed by atoms with E-state index in [1.165, 1.54) is 12.1 Å². The Kier molecular flexibility index (Phi) is 3.95. The Morgan fingerprint density at radius 1 is 0.960 bits per heavy atom. The maximum absolute atomic E-state index is 13.0. The molecule has 0 aliphatic carbocycles. The third-order valence-electron chi connectivity index (χ3n) is 4.11. The summed E-state index contributed by atoms with van der Waals surface area (Å²) in [6.45, 7) is 0. The van der Waals surface area contributed by atoms with Crippen LogP contribution in [0.5, 0.6) is 0 Å². The molecule has 2 aromatic rings. The van der Waals surface area contributed by atoms with Gasteiger partial charge < -0.3 is 4.84 Å². The monoisotopic (exact) mass is 394 g/mol. The van der Waals surface area contributed by atoms with Gasteiger partial charge in [0.2, 0.25) is 12.0 Å². The molecule has 2 aliphatic heterocycles. The van der Waals surface area contributed by atoms with Gasteiger partial charge in [-0.05, 0) is 24.3 Å². The second-order valence-electron chi connectivity index (χ2n) is 5.57. The van der Waals surface area contributed by atoms with Gasteiger partial charge in [-0.3, -0.25) is 9.59 Å². The van der Waals surface area contributed by atoms with Crippen LogP contribution in [0.3, 0.4) is 0 Å². The molecule has 4 rings (SSSR count). The highest BCUT2D eigenvalue weighted by molar-refractivity contribution is 6.41. The lowest BCUT2D eigenvalue weighted by Crippen LogP contribution is -2.33. The number of amides is 2. The topological polar surface area (TPSA) is 59.0 Å². The smallest absolute Gasteiger partial charge is 0.279 e. The van der Waals surface area contributed by atoms with Crippen molar-refractivity contribution < 1.29 is 14.4 Å². The molecular formula is C17H9Cl3N2O3. The minimum atomic E-state index is -1.03. The molecule has 0 radical (unpaired) electrons. The molecule has 0 bridgehead atoms. The van der Waals surface area contributed by atoms with E-state index in [2.05, 4.69) is 5.16 Å². The van der Waals surface area contributed by atoms with Gasteiger partial charge in [-0.1, -0.05) is 58.2 Å². The number of fused-ring (bicyclic) bond motifs is 1. The Morgan fingerprint density at radius 2 is 1.72 bits per heavy atom. The molecule has 2 aromatic carbocycles. The molecule has 0 unspecified atom stereocenters. The van der Waals surface area contributed by atoms with Crippen molar-refractivity contribution in [1.82, 2.24) is 0 Å². The highest BCUT2D eigenvalue weighted by Gasteiger charge is 2.56. The Bertz CT molecular complexity index is 944. The molecule has 2 amide bonds. The molecule has 2 aliphatic rings. The molecule has 25 heavy (non-hydrogen) atoms. The normalized spacial score (nSPS) is 22.0. The van der Waals surface area contributed by atoms with Gasteiger partial charge in [0, 0.05) is 15.6 Å². The molecule has 5 nitrogen and oxygen atoms in total. The lowest BCUT2D eigenvalue weighted by Gasteiger charge is -2.17. The standard InChI is InChI=1S/C17H9Cl3N2O3/c18-8-5-6-11(20)12(7-8)22-16(23)13-14(21-25-15(13)17(22)24)9-3-1-2-4-10(9)19/h1-7,13,15H/t13-,15-/m0/s1. The van der Waals surface area contributed by atoms with Gasteiger partial charge in [0.1, 0.15) is 11.6 Å². The van der Waals surface area contributed by atoms with Gasteiger partial charge in [-0.2, -0.15) is 0 Å². The number of carbonyl (C=O) groups excluding carboxylic acids is 2. The molecule has 2 heterocycles. The molecule has 1 saturated heterocycles. The quantitative estimate of drug-likeness (QED) is 0.724. The van der Waals surface area contributed by atoms with E-state index in [-0.39, 0.29) is 10.7 Å². The van der Waals surface area contributed by atoms with Crippen LogP contribution < -0.4 is 4.90 Å². The number of anilines is 1. The molecule has 0 spiro atoms. The maximum atomic E-state index is 13.0. The zero-order valence-corrected chi connectivity index (χ0v) is 14.7. The first-order valence-electron chi connectivity index (χ1n) is 7.30. The zero-order valence-electron chi connectivity index (χ0n) is 12.4. The van der Waals surface area contributed by atoms with E-state index in [0.717, 1.165) is 4.90 Å². The van der Waals surface area contributed by atoms with Crippen LogP contribution in [0.25, 0.3) is 0 Å². The summed E-state index contributed by atoms with van der Waals surface area (Å²) in [5.74, 6) is -1.89. The summed E-state index contributed by atoms with van der Waals surface area (Å²) < 4.78 is 0. The largest absolute Gasteiger partial charge is 0.381 e. The van der Waals surface area contributed by atoms with Crippen LogP contribution in [0.1, 0.15) is 5.56 Å². The Hall–Kier alpha value is -2.08. The van der Waals surface area contributed by atoms with Crippen LogP contribution >= 0.6 is 34.8 Å². The van der Waals surface area contributed by atoms with E-state index < -0.39 is 23.8 Å². The second kappa shape index (κ2) is 6.02. The average Bonchev–Trinajstić information content (AvgIpc) is 3.12. The predicted molar refractivity (Wildman–Crippen MR) is 95.3 cm³/mol. The molecule has 0 N–H and O–H groups in total. The minimum absolute atomic E-state index is 0.223. The fourth-order valence-electron chi connectivity index (χ4n) is 2.96. The number of halogens is 3. The number of carbonyl (C=O) groups is 2. The molecule has 2 atom stereocenters. The Balaban J connectivity index is 1.77. The summed E-state index contributed by atoms with van der Waals surface area (Å²) in [7, 11) is 0. The molecule has 0 saturated carbocycles. The van der Waals surface area contributed by atoms with Crippen molar-refractivity contribution in [2.75, 3.05) is 4.90 Å². The number of hydrogen-bond acceptors (Lipinski definition) is 4. The summed E-state index contributed by atoms with van der Waals surface area (Å²) >= 11 is 18.3. The molecule has 1 fully saturated rings. The number of rotatable bonds is 2. The molecular weight excluding hydrogens is 387 g/mol. The Morgan fingerprint density at radius 3 is 2.48 bits per heavy atom. The van der Waals surface area contributed by atoms with E-state index >= 15 is 0 Å². The third-order valence-corrected chi connectivity index (χ3v) is 5.00. The van der Waals surface area contributed by atoms with Crippen LogP contribution in [0.2, 0.25) is 15.1 Å². The Labute approximate surface area is 157 Å². The van der Waals surface area contributed by atoms with Gasteiger partial charge in [-0.25, -0.2) is 4.90 Å². The summed E-state index contributed by atoms with van der Waals surface area (Å²) in [5, 5.41) is 4.94. The SMILES string of the molecule is O=C1[C@H]2C(c3ccccc3Cl)=NO[C@@H]2C(=O)N1c1cc(Cl)ccc1Cl. The fourth-order valence-corrected chi connectivity index (χ4v) is 3.56. The van der Waals surface area contributed by atoms with Crippen LogP contribution in [-0.4, -0.2) is 23.6 Å². The minimum Gasteiger partial charge on any atom is -0.381 e. The first kappa shape index (κ1) is 16.4. The maximum Gasteiger partial charge on any atom is 0.279 e. The number of oxime groups is 1. The summed E-state index contributed by atoms with van der Waals surface area (Å²) in [6.07, 6.45) is -1.03. The number of imide groups is 1. The average molecular weight is 396 g/mol. The van der Waals surface area contributed by atoms with Crippen molar-refractivity contribution in [2.45, 2.75) is 6.10 Å². The zero-order chi connectivity index (χ0) is 17.7. The summed E-state index contributed by atoms with van der Waals surface area (Å²) in [6, 6.07) is 11.5. The number of nitrogens with zero attached hydrogens (tertiary/aromatic N) is 2. The predicted octanol–water partition coefficient (Wildman–Crippen LogP) is 3.94. The van der Waals surface area contributed by atoms with Crippen LogP contribution in [-0.2, 0) is 14.4 Å². The van der Waals surface area contributed by atoms with Crippen LogP contribution in [0.15, 0.2) is 47.6 Å². The van der Waals surface area contributed by atoms with E-state index in [9.17, 15) is 9.59 Å². The molecule has 0 aromatic heterocycles. The molecule has 126 valence electrons. The van der Waals surface area contributed by atoms with Crippen molar-refractivity contribution in [1.29, 1.82) is 0 Å². The van der Waals surface area contributed by atoms with Gasteiger partial charge >= 0.3 is 0 Å². The first-order valence-corrected chi connectivity index (χ1v) is 8.44. The highest BCUT2D eigenvalue weighted by atomic mass is 35.5. The van der Waals surface area contributed by atoms with E-state index in [0.29, 0.717) is 21.3 Å². The van der Waals surface area contributed by atoms with Crippen molar-refractivity contribution in [3.8, 4) is 0 Å². The highest BCUT2D eigenvalue weighted by Crippen LogP contribution is 2.39. The van der Waals surface area contributed by atoms with E-state index in [1.54, 1.807) is 30.3 Å². The van der Waals surface area contributed by atoms with Gasteiger partial charge in [0.25, 0.3) is 5.91 Å². The van der Waals surface area contributed by atoms with Crippen LogP contribution in [0.4, 0.5) is 5.69 Å². The van der Waals surface area contributed by atoms with Crippen molar-refractivity contribution in [3.63, 3.8) is 0 Å². The third kappa shape index (κ3) is 2.51. The van der Waals surface area contributed by atoms with E-state index in [1.807, 2.05) is 0 Å². The van der Waals surface area contributed by atoms with Gasteiger partial charge in [-0.15, -0.1) is 0 Å². The lowest BCUT2D eigenvalue weighted by molar-refractivity contribution is -0.126. The summed E-state index contributed by atoms with van der Waals surface area (Å²) in [4.78, 5) is 31.9. The number of hydrogen-bond donors (Lipinski definition) is 0.